The van der Waals surface area contributed by atoms with E-state index >= 15 is 0 Å². The molecule has 25 heavy (non-hydrogen) atoms. The molecule has 0 aliphatic heterocycles. The lowest BCUT2D eigenvalue weighted by Gasteiger charge is -2.17. The first-order chi connectivity index (χ1) is 11.7. The summed E-state index contributed by atoms with van der Waals surface area (Å²) in [5, 5.41) is 14.0. The summed E-state index contributed by atoms with van der Waals surface area (Å²) in [5.74, 6) is 0.139. The minimum Gasteiger partial charge on any atom is -0.465 e. The molecule has 1 heterocycles. The average molecular weight is 363 g/mol. The minimum absolute atomic E-state index is 0.156. The summed E-state index contributed by atoms with van der Waals surface area (Å²) in [6, 6.07) is 7.98. The lowest BCUT2D eigenvalue weighted by Crippen LogP contribution is -2.28. The molecule has 0 atom stereocenters. The maximum absolute atomic E-state index is 11.9. The van der Waals surface area contributed by atoms with Crippen molar-refractivity contribution in [1.29, 1.82) is 0 Å². The maximum Gasteiger partial charge on any atom is 0.337 e. The van der Waals surface area contributed by atoms with Gasteiger partial charge in [0, 0.05) is 5.41 Å². The van der Waals surface area contributed by atoms with E-state index in [0.29, 0.717) is 27.9 Å². The minimum atomic E-state index is -0.527. The Bertz CT molecular complexity index is 785. The molecule has 1 aromatic carbocycles. The Morgan fingerprint density at radius 1 is 1.08 bits per heavy atom. The molecule has 0 saturated carbocycles. The van der Waals surface area contributed by atoms with Crippen molar-refractivity contribution in [2.24, 2.45) is 5.41 Å². The monoisotopic (exact) mass is 362 g/mol. The van der Waals surface area contributed by atoms with Gasteiger partial charge in [-0.1, -0.05) is 32.4 Å². The first kappa shape index (κ1) is 18.7. The molecule has 0 spiro atoms. The van der Waals surface area contributed by atoms with Crippen LogP contribution in [0.15, 0.2) is 30.3 Å². The lowest BCUT2D eigenvalue weighted by atomic mass is 9.96. The first-order valence-electron chi connectivity index (χ1n) is 7.51. The fourth-order valence-electron chi connectivity index (χ4n) is 1.77. The van der Waals surface area contributed by atoms with Crippen LogP contribution in [0.5, 0.6) is 0 Å². The Morgan fingerprint density at radius 3 is 2.28 bits per heavy atom. The molecular weight excluding hydrogens is 344 g/mol. The number of hydrogen-bond acceptors (Lipinski definition) is 6. The Hall–Kier alpha value is -2.67. The van der Waals surface area contributed by atoms with Crippen molar-refractivity contribution in [1.82, 2.24) is 10.2 Å². The van der Waals surface area contributed by atoms with Crippen LogP contribution in [-0.2, 0) is 9.53 Å². The highest BCUT2D eigenvalue weighted by atomic mass is 35.5. The number of benzene rings is 1. The van der Waals surface area contributed by atoms with E-state index in [1.165, 1.54) is 7.11 Å². The topological polar surface area (TPSA) is 93.2 Å². The number of nitrogens with zero attached hydrogens (tertiary/aromatic N) is 2. The van der Waals surface area contributed by atoms with E-state index in [1.54, 1.807) is 30.3 Å². The van der Waals surface area contributed by atoms with E-state index in [1.807, 2.05) is 20.8 Å². The number of esters is 1. The molecule has 0 bridgehead atoms. The van der Waals surface area contributed by atoms with Gasteiger partial charge in [-0.2, -0.15) is 0 Å². The molecule has 0 aliphatic carbocycles. The average Bonchev–Trinajstić information content (AvgIpc) is 2.57. The van der Waals surface area contributed by atoms with E-state index < -0.39 is 11.4 Å². The van der Waals surface area contributed by atoms with E-state index in [9.17, 15) is 9.59 Å². The highest BCUT2D eigenvalue weighted by Crippen LogP contribution is 2.26. The molecule has 0 fully saturated rings. The van der Waals surface area contributed by atoms with Crippen molar-refractivity contribution in [2.75, 3.05) is 17.7 Å². The van der Waals surface area contributed by atoms with Crippen LogP contribution in [0.1, 0.15) is 31.1 Å². The van der Waals surface area contributed by atoms with Crippen LogP contribution >= 0.6 is 11.6 Å². The van der Waals surface area contributed by atoms with E-state index in [4.69, 9.17) is 11.6 Å². The lowest BCUT2D eigenvalue weighted by molar-refractivity contribution is -0.123. The molecule has 2 rings (SSSR count). The summed E-state index contributed by atoms with van der Waals surface area (Å²) >= 11 is 6.12. The molecule has 8 heteroatoms. The summed E-state index contributed by atoms with van der Waals surface area (Å²) in [6.07, 6.45) is 0. The number of rotatable bonds is 4. The second kappa shape index (κ2) is 7.48. The summed E-state index contributed by atoms with van der Waals surface area (Å²) in [4.78, 5) is 23.5. The molecule has 0 radical (unpaired) electrons. The molecule has 1 aromatic heterocycles. The van der Waals surface area contributed by atoms with Gasteiger partial charge in [0.2, 0.25) is 5.91 Å². The number of nitrogens with one attached hydrogen (secondary N) is 2. The summed E-state index contributed by atoms with van der Waals surface area (Å²) < 4.78 is 4.68. The van der Waals surface area contributed by atoms with Crippen molar-refractivity contribution < 1.29 is 14.3 Å². The number of carbonyl (C=O) groups excluding carboxylic acids is 2. The Labute approximate surface area is 150 Å². The molecule has 2 aromatic rings. The fraction of sp³-hybridized carbons (Fsp3) is 0.294. The Balaban J connectivity index is 2.14. The molecule has 1 amide bonds. The molecule has 7 nitrogen and oxygen atoms in total. The smallest absolute Gasteiger partial charge is 0.337 e. The number of hydrogen-bond donors (Lipinski definition) is 2. The van der Waals surface area contributed by atoms with Crippen molar-refractivity contribution in [3.8, 4) is 0 Å². The molecule has 0 aliphatic rings. The van der Waals surface area contributed by atoms with E-state index in [2.05, 4.69) is 25.6 Å². The normalized spacial score (nSPS) is 10.9. The molecule has 0 unspecified atom stereocenters. The van der Waals surface area contributed by atoms with Crippen LogP contribution in [0.3, 0.4) is 0 Å². The zero-order valence-corrected chi connectivity index (χ0v) is 15.1. The third kappa shape index (κ3) is 4.90. The van der Waals surface area contributed by atoms with Gasteiger partial charge in [0.1, 0.15) is 0 Å². The van der Waals surface area contributed by atoms with Gasteiger partial charge >= 0.3 is 5.97 Å². The molecule has 0 saturated heterocycles. The zero-order valence-electron chi connectivity index (χ0n) is 14.4. The second-order valence-electron chi connectivity index (χ2n) is 6.32. The van der Waals surface area contributed by atoms with Crippen molar-refractivity contribution in [2.45, 2.75) is 20.8 Å². The largest absolute Gasteiger partial charge is 0.465 e. The zero-order chi connectivity index (χ0) is 18.6. The summed E-state index contributed by atoms with van der Waals surface area (Å²) in [7, 11) is 1.31. The number of ether oxygens (including phenoxy) is 1. The second-order valence-corrected chi connectivity index (χ2v) is 6.73. The van der Waals surface area contributed by atoms with Crippen LogP contribution < -0.4 is 10.6 Å². The van der Waals surface area contributed by atoms with Crippen molar-refractivity contribution in [3.63, 3.8) is 0 Å². The van der Waals surface area contributed by atoms with Crippen LogP contribution in [0.4, 0.5) is 17.3 Å². The van der Waals surface area contributed by atoms with Crippen LogP contribution in [0, 0.1) is 5.41 Å². The fourth-order valence-corrected chi connectivity index (χ4v) is 1.94. The van der Waals surface area contributed by atoms with Gasteiger partial charge in [-0.15, -0.1) is 10.2 Å². The predicted octanol–water partition coefficient (Wildman–Crippen LogP) is 3.64. The van der Waals surface area contributed by atoms with Crippen LogP contribution in [0.2, 0.25) is 5.02 Å². The standard InChI is InChI=1S/C17H19ClN4O3/c1-17(2,3)16(24)20-14-8-7-13(21-22-14)19-12-9-10(15(23)25-4)5-6-11(12)18/h5-9H,1-4H3,(H,19,21)(H,20,22,24). The third-order valence-electron chi connectivity index (χ3n) is 3.24. The molecule has 2 N–H and O–H groups in total. The van der Waals surface area contributed by atoms with Gasteiger partial charge in [-0.25, -0.2) is 4.79 Å². The van der Waals surface area contributed by atoms with Crippen molar-refractivity contribution >= 4 is 40.8 Å². The SMILES string of the molecule is COC(=O)c1ccc(Cl)c(Nc2ccc(NC(=O)C(C)(C)C)nn2)c1. The molecule has 132 valence electrons. The number of amides is 1. The summed E-state index contributed by atoms with van der Waals surface area (Å²) in [5.41, 5.74) is 0.322. The number of methoxy groups -OCH3 is 1. The number of halogens is 1. The van der Waals surface area contributed by atoms with Gasteiger partial charge in [0.15, 0.2) is 11.6 Å². The van der Waals surface area contributed by atoms with E-state index in [-0.39, 0.29) is 5.91 Å². The van der Waals surface area contributed by atoms with Crippen LogP contribution in [-0.4, -0.2) is 29.2 Å². The Morgan fingerprint density at radius 2 is 1.72 bits per heavy atom. The Kier molecular flexibility index (Phi) is 5.58. The van der Waals surface area contributed by atoms with Gasteiger partial charge in [0.05, 0.1) is 23.4 Å². The van der Waals surface area contributed by atoms with Crippen molar-refractivity contribution in [3.05, 3.63) is 40.9 Å². The van der Waals surface area contributed by atoms with Crippen LogP contribution in [0.25, 0.3) is 0 Å². The van der Waals surface area contributed by atoms with Gasteiger partial charge < -0.3 is 15.4 Å². The maximum atomic E-state index is 11.9. The molecular formula is C17H19ClN4O3. The number of aromatic nitrogens is 2. The highest BCUT2D eigenvalue weighted by molar-refractivity contribution is 6.33. The third-order valence-corrected chi connectivity index (χ3v) is 3.57. The summed E-state index contributed by atoms with van der Waals surface area (Å²) in [6.45, 7) is 5.42. The van der Waals surface area contributed by atoms with Gasteiger partial charge in [-0.05, 0) is 30.3 Å². The van der Waals surface area contributed by atoms with Gasteiger partial charge in [-0.3, -0.25) is 4.79 Å². The van der Waals surface area contributed by atoms with Gasteiger partial charge in [0.25, 0.3) is 0 Å². The predicted molar refractivity (Wildman–Crippen MR) is 96.2 cm³/mol. The van der Waals surface area contributed by atoms with E-state index in [0.717, 1.165) is 0 Å². The highest BCUT2D eigenvalue weighted by Gasteiger charge is 2.21. The quantitative estimate of drug-likeness (QED) is 0.806. The number of anilines is 3. The first-order valence-corrected chi connectivity index (χ1v) is 7.88. The number of carbonyl (C=O) groups is 2.